The number of piperidine rings is 1. The molecule has 0 atom stereocenters. The van der Waals surface area contributed by atoms with Crippen molar-refractivity contribution in [3.63, 3.8) is 0 Å². The Morgan fingerprint density at radius 2 is 1.54 bits per heavy atom. The lowest BCUT2D eigenvalue weighted by molar-refractivity contribution is -0.192. The molecule has 4 rings (SSSR count). The number of carbonyl (C=O) groups is 3. The average molecular weight is 564 g/mol. The number of amides is 2. The summed E-state index contributed by atoms with van der Waals surface area (Å²) in [5, 5.41) is 16.1. The number of fused-ring (bicyclic) bond motifs is 1. The summed E-state index contributed by atoms with van der Waals surface area (Å²) in [5.41, 5.74) is 1.72. The molecule has 0 spiro atoms. The van der Waals surface area contributed by atoms with Gasteiger partial charge in [-0.25, -0.2) is 4.79 Å². The van der Waals surface area contributed by atoms with Gasteiger partial charge in [0, 0.05) is 36.1 Å². The minimum atomic E-state index is -5.08. The first kappa shape index (κ1) is 29.9. The lowest BCUT2D eigenvalue weighted by Crippen LogP contribution is -2.43. The minimum Gasteiger partial charge on any atom is -0.475 e. The second kappa shape index (κ2) is 14.0. The summed E-state index contributed by atoms with van der Waals surface area (Å²) < 4.78 is 31.7. The zero-order chi connectivity index (χ0) is 28.4. The molecule has 208 valence electrons. The molecule has 1 aliphatic heterocycles. The lowest BCUT2D eigenvalue weighted by atomic mass is 9.96. The fraction of sp³-hybridized carbons (Fsp3) is 0.321. The van der Waals surface area contributed by atoms with Crippen LogP contribution < -0.4 is 10.6 Å². The number of nitrogens with one attached hydrogen (secondary N) is 2. The summed E-state index contributed by atoms with van der Waals surface area (Å²) in [4.78, 5) is 36.2. The number of aliphatic carboxylic acids is 1. The number of carboxylic acids is 1. The predicted molar refractivity (Wildman–Crippen MR) is 142 cm³/mol. The zero-order valence-electron chi connectivity index (χ0n) is 21.0. The first-order valence-corrected chi connectivity index (χ1v) is 12.7. The van der Waals surface area contributed by atoms with Crippen LogP contribution in [0.15, 0.2) is 66.7 Å². The highest BCUT2D eigenvalue weighted by Gasteiger charge is 2.38. The van der Waals surface area contributed by atoms with Crippen molar-refractivity contribution in [3.8, 4) is 0 Å². The maximum atomic E-state index is 12.5. The molecule has 1 heterocycles. The van der Waals surface area contributed by atoms with Crippen molar-refractivity contribution in [2.45, 2.75) is 25.6 Å². The van der Waals surface area contributed by atoms with E-state index in [4.69, 9.17) is 21.5 Å². The maximum absolute atomic E-state index is 12.5. The van der Waals surface area contributed by atoms with E-state index < -0.39 is 12.1 Å². The molecule has 3 N–H and O–H groups in total. The van der Waals surface area contributed by atoms with Gasteiger partial charge in [-0.1, -0.05) is 54.1 Å². The van der Waals surface area contributed by atoms with E-state index in [0.29, 0.717) is 23.7 Å². The van der Waals surface area contributed by atoms with Gasteiger partial charge < -0.3 is 20.6 Å². The predicted octanol–water partition coefficient (Wildman–Crippen LogP) is 4.88. The molecule has 0 aromatic heterocycles. The van der Waals surface area contributed by atoms with Crippen LogP contribution in [-0.4, -0.2) is 60.1 Å². The smallest absolute Gasteiger partial charge is 0.475 e. The molecule has 0 unspecified atom stereocenters. The van der Waals surface area contributed by atoms with Gasteiger partial charge in [0.15, 0.2) is 0 Å². The van der Waals surface area contributed by atoms with E-state index in [1.165, 1.54) is 0 Å². The topological polar surface area (TPSA) is 98.7 Å². The highest BCUT2D eigenvalue weighted by molar-refractivity contribution is 6.30. The summed E-state index contributed by atoms with van der Waals surface area (Å²) in [6.45, 7) is 3.64. The highest BCUT2D eigenvalue weighted by atomic mass is 35.5. The number of likely N-dealkylation sites (tertiary alicyclic amines) is 1. The van der Waals surface area contributed by atoms with Crippen LogP contribution in [0, 0.1) is 5.92 Å². The molecular weight excluding hydrogens is 535 g/mol. The van der Waals surface area contributed by atoms with Crippen molar-refractivity contribution in [3.05, 3.63) is 82.9 Å². The molecule has 2 amide bonds. The summed E-state index contributed by atoms with van der Waals surface area (Å²) in [7, 11) is 0. The molecule has 1 fully saturated rings. The summed E-state index contributed by atoms with van der Waals surface area (Å²) in [5.74, 6) is -2.64. The third kappa shape index (κ3) is 9.56. The second-order valence-corrected chi connectivity index (χ2v) is 9.52. The number of carboxylic acid groups (broad SMARTS) is 1. The Kier molecular flexibility index (Phi) is 10.7. The van der Waals surface area contributed by atoms with Gasteiger partial charge >= 0.3 is 12.1 Å². The minimum absolute atomic E-state index is 0.0470. The Labute approximate surface area is 228 Å². The number of alkyl halides is 3. The summed E-state index contributed by atoms with van der Waals surface area (Å²) in [6, 6.07) is 21.3. The average Bonchev–Trinajstić information content (AvgIpc) is 2.92. The third-order valence-electron chi connectivity index (χ3n) is 6.31. The van der Waals surface area contributed by atoms with Crippen LogP contribution in [0.25, 0.3) is 10.8 Å². The standard InChI is InChI=1S/C26H28ClN3O2.C2HF3O2/c27-24-9-5-19(6-10-24)18-29-25(31)21-11-14-30(15-12-21)16-13-28-26(32)23-8-7-20-3-1-2-4-22(20)17-23;3-2(4,5)1(6)7/h1-10,17,21H,11-16,18H2,(H,28,32)(H,29,31);(H,6,7). The number of hydrogen-bond donors (Lipinski definition) is 3. The van der Waals surface area contributed by atoms with Crippen LogP contribution in [0.4, 0.5) is 13.2 Å². The van der Waals surface area contributed by atoms with Crippen LogP contribution in [0.5, 0.6) is 0 Å². The van der Waals surface area contributed by atoms with E-state index in [-0.39, 0.29) is 17.7 Å². The summed E-state index contributed by atoms with van der Waals surface area (Å²) in [6.07, 6.45) is -3.41. The molecule has 1 aliphatic rings. The van der Waals surface area contributed by atoms with Crippen molar-refractivity contribution in [1.29, 1.82) is 0 Å². The van der Waals surface area contributed by atoms with Crippen molar-refractivity contribution in [2.75, 3.05) is 26.2 Å². The lowest BCUT2D eigenvalue weighted by Gasteiger charge is -2.31. The Bertz CT molecular complexity index is 1280. The molecule has 39 heavy (non-hydrogen) atoms. The SMILES string of the molecule is O=C(NCCN1CCC(C(=O)NCc2ccc(Cl)cc2)CC1)c1ccc2ccccc2c1.O=C(O)C(F)(F)F. The number of rotatable bonds is 7. The monoisotopic (exact) mass is 563 g/mol. The molecule has 0 saturated carbocycles. The molecule has 3 aromatic carbocycles. The third-order valence-corrected chi connectivity index (χ3v) is 6.56. The van der Waals surface area contributed by atoms with Gasteiger partial charge in [0.2, 0.25) is 5.91 Å². The molecular formula is C28H29ClF3N3O4. The first-order chi connectivity index (χ1) is 18.5. The number of benzene rings is 3. The van der Waals surface area contributed by atoms with Gasteiger partial charge in [-0.2, -0.15) is 13.2 Å². The van der Waals surface area contributed by atoms with Crippen LogP contribution in [-0.2, 0) is 16.1 Å². The second-order valence-electron chi connectivity index (χ2n) is 9.08. The normalized spacial score (nSPS) is 14.3. The van der Waals surface area contributed by atoms with Crippen LogP contribution in [0.2, 0.25) is 5.02 Å². The molecule has 0 bridgehead atoms. The fourth-order valence-electron chi connectivity index (χ4n) is 4.11. The van der Waals surface area contributed by atoms with Crippen molar-refractivity contribution >= 4 is 40.2 Å². The highest BCUT2D eigenvalue weighted by Crippen LogP contribution is 2.18. The zero-order valence-corrected chi connectivity index (χ0v) is 21.8. The van der Waals surface area contributed by atoms with Gasteiger partial charge in [0.05, 0.1) is 0 Å². The largest absolute Gasteiger partial charge is 0.490 e. The van der Waals surface area contributed by atoms with Crippen LogP contribution in [0.1, 0.15) is 28.8 Å². The quantitative estimate of drug-likeness (QED) is 0.380. The Morgan fingerprint density at radius 3 is 2.15 bits per heavy atom. The summed E-state index contributed by atoms with van der Waals surface area (Å²) >= 11 is 5.90. The molecule has 0 aliphatic carbocycles. The van der Waals surface area contributed by atoms with Crippen molar-refractivity contribution in [2.24, 2.45) is 5.92 Å². The van der Waals surface area contributed by atoms with Crippen molar-refractivity contribution < 1.29 is 32.7 Å². The molecule has 0 radical (unpaired) electrons. The van der Waals surface area contributed by atoms with E-state index in [9.17, 15) is 22.8 Å². The number of hydrogen-bond acceptors (Lipinski definition) is 4. The van der Waals surface area contributed by atoms with E-state index in [1.807, 2.05) is 66.7 Å². The van der Waals surface area contributed by atoms with Gasteiger partial charge in [-0.15, -0.1) is 0 Å². The fourth-order valence-corrected chi connectivity index (χ4v) is 4.24. The van der Waals surface area contributed by atoms with E-state index in [0.717, 1.165) is 48.8 Å². The Balaban J connectivity index is 0.000000532. The number of halogens is 4. The van der Waals surface area contributed by atoms with Gasteiger partial charge in [0.1, 0.15) is 0 Å². The maximum Gasteiger partial charge on any atom is 0.490 e. The molecule has 7 nitrogen and oxygen atoms in total. The van der Waals surface area contributed by atoms with Crippen molar-refractivity contribution in [1.82, 2.24) is 15.5 Å². The molecule has 3 aromatic rings. The van der Waals surface area contributed by atoms with E-state index in [2.05, 4.69) is 15.5 Å². The van der Waals surface area contributed by atoms with E-state index >= 15 is 0 Å². The van der Waals surface area contributed by atoms with Crippen LogP contribution in [0.3, 0.4) is 0 Å². The molecule has 1 saturated heterocycles. The number of nitrogens with zero attached hydrogens (tertiary/aromatic N) is 1. The van der Waals surface area contributed by atoms with Gasteiger partial charge in [-0.05, 0) is 66.5 Å². The Morgan fingerprint density at radius 1 is 0.923 bits per heavy atom. The Hall–Kier alpha value is -3.63. The van der Waals surface area contributed by atoms with Gasteiger partial charge in [0.25, 0.3) is 5.91 Å². The van der Waals surface area contributed by atoms with E-state index in [1.54, 1.807) is 0 Å². The molecule has 11 heteroatoms. The van der Waals surface area contributed by atoms with Crippen LogP contribution >= 0.6 is 11.6 Å². The van der Waals surface area contributed by atoms with Gasteiger partial charge in [-0.3, -0.25) is 9.59 Å². The number of carbonyl (C=O) groups excluding carboxylic acids is 2. The first-order valence-electron chi connectivity index (χ1n) is 12.3.